The number of carbonyl (C=O) groups is 1. The molecule has 2 fully saturated rings. The number of ether oxygens (including phenoxy) is 1. The minimum absolute atomic E-state index is 0.00442. The summed E-state index contributed by atoms with van der Waals surface area (Å²) < 4.78 is 5.98. The van der Waals surface area contributed by atoms with Crippen LogP contribution in [0, 0.1) is 5.92 Å². The van der Waals surface area contributed by atoms with Crippen LogP contribution in [0.15, 0.2) is 0 Å². The molecule has 2 rings (SSSR count). The molecule has 2 saturated heterocycles. The maximum Gasteiger partial charge on any atom is 0.171 e. The molecule has 0 aliphatic carbocycles. The molecule has 20 heavy (non-hydrogen) atoms. The van der Waals surface area contributed by atoms with Gasteiger partial charge in [0.05, 0.1) is 11.5 Å². The van der Waals surface area contributed by atoms with Crippen LogP contribution >= 0.6 is 0 Å². The van der Waals surface area contributed by atoms with Gasteiger partial charge in [-0.25, -0.2) is 0 Å². The van der Waals surface area contributed by atoms with E-state index in [1.165, 1.54) is 13.0 Å². The second kappa shape index (κ2) is 5.74. The van der Waals surface area contributed by atoms with Crippen molar-refractivity contribution in [2.24, 2.45) is 5.92 Å². The first-order valence-corrected chi connectivity index (χ1v) is 7.95. The van der Waals surface area contributed by atoms with Crippen LogP contribution in [0.25, 0.3) is 0 Å². The Hall–Kier alpha value is -0.450. The van der Waals surface area contributed by atoms with Crippen LogP contribution in [0.4, 0.5) is 0 Å². The average Bonchev–Trinajstić information content (AvgIpc) is 2.50. The molecule has 2 aliphatic heterocycles. The highest BCUT2D eigenvalue weighted by Gasteiger charge is 2.53. The zero-order valence-corrected chi connectivity index (χ0v) is 13.7. The average molecular weight is 282 g/mol. The fraction of sp³-hybridized carbons (Fsp3) is 0.938. The van der Waals surface area contributed by atoms with E-state index in [-0.39, 0.29) is 17.3 Å². The van der Waals surface area contributed by atoms with Gasteiger partial charge in [0.15, 0.2) is 5.78 Å². The first-order chi connectivity index (χ1) is 9.26. The van der Waals surface area contributed by atoms with E-state index in [1.807, 2.05) is 13.8 Å². The Kier molecular flexibility index (Phi) is 4.57. The number of piperazine rings is 1. The maximum absolute atomic E-state index is 12.5. The highest BCUT2D eigenvalue weighted by Crippen LogP contribution is 2.39. The number of carbonyl (C=O) groups excluding carboxylic acids is 1. The van der Waals surface area contributed by atoms with E-state index in [9.17, 15) is 4.79 Å². The number of ketones is 1. The highest BCUT2D eigenvalue weighted by molar-refractivity contribution is 5.91. The third-order valence-electron chi connectivity index (χ3n) is 4.71. The minimum atomic E-state index is -0.627. The Balaban J connectivity index is 1.92. The summed E-state index contributed by atoms with van der Waals surface area (Å²) in [5.74, 6) is 0.258. The summed E-state index contributed by atoms with van der Waals surface area (Å²) in [6.07, 6.45) is 1.22. The van der Waals surface area contributed by atoms with Crippen molar-refractivity contribution in [1.82, 2.24) is 9.80 Å². The largest absolute Gasteiger partial charge is 0.361 e. The van der Waals surface area contributed by atoms with Crippen LogP contribution < -0.4 is 0 Å². The molecule has 0 aromatic heterocycles. The fourth-order valence-electron chi connectivity index (χ4n) is 3.59. The zero-order chi connectivity index (χ0) is 15.0. The number of hydrogen-bond donors (Lipinski definition) is 0. The van der Waals surface area contributed by atoms with E-state index >= 15 is 0 Å². The van der Waals surface area contributed by atoms with Crippen molar-refractivity contribution < 1.29 is 9.53 Å². The van der Waals surface area contributed by atoms with Gasteiger partial charge in [-0.3, -0.25) is 9.69 Å². The summed E-state index contributed by atoms with van der Waals surface area (Å²) in [6, 6.07) is 0. The molecule has 1 atom stereocenters. The summed E-state index contributed by atoms with van der Waals surface area (Å²) in [5.41, 5.74) is -0.973. The molecular formula is C16H30N2O2. The molecule has 0 radical (unpaired) electrons. The number of nitrogens with zero attached hydrogens (tertiary/aromatic N) is 2. The van der Waals surface area contributed by atoms with E-state index in [4.69, 9.17) is 4.74 Å². The van der Waals surface area contributed by atoms with Crippen molar-refractivity contribution in [3.63, 3.8) is 0 Å². The van der Waals surface area contributed by atoms with E-state index < -0.39 is 5.60 Å². The van der Waals surface area contributed by atoms with Gasteiger partial charge in [-0.1, -0.05) is 6.92 Å². The van der Waals surface area contributed by atoms with Crippen molar-refractivity contribution in [2.45, 2.75) is 52.2 Å². The van der Waals surface area contributed by atoms with Crippen molar-refractivity contribution in [2.75, 3.05) is 39.3 Å². The molecule has 0 spiro atoms. The lowest BCUT2D eigenvalue weighted by Gasteiger charge is -2.37. The Morgan fingerprint density at radius 1 is 1.10 bits per heavy atom. The van der Waals surface area contributed by atoms with Crippen molar-refractivity contribution in [3.8, 4) is 0 Å². The third kappa shape index (κ3) is 3.23. The zero-order valence-electron chi connectivity index (χ0n) is 13.7. The molecule has 0 aromatic rings. The smallest absolute Gasteiger partial charge is 0.171 e. The van der Waals surface area contributed by atoms with E-state index in [0.717, 1.165) is 32.7 Å². The summed E-state index contributed by atoms with van der Waals surface area (Å²) in [6.45, 7) is 16.6. The quantitative estimate of drug-likeness (QED) is 0.787. The van der Waals surface area contributed by atoms with Crippen molar-refractivity contribution >= 4 is 5.78 Å². The molecule has 4 heteroatoms. The monoisotopic (exact) mass is 282 g/mol. The Morgan fingerprint density at radius 2 is 1.65 bits per heavy atom. The minimum Gasteiger partial charge on any atom is -0.361 e. The standard InChI is InChI=1S/C16H30N2O2/c1-6-7-17-8-10-18(11-9-17)12-13-14(19)16(4,5)20-15(13,2)3/h13H,6-12H2,1-5H3. The Bertz CT molecular complexity index is 357. The van der Waals surface area contributed by atoms with Crippen LogP contribution in [0.2, 0.25) is 0 Å². The molecule has 4 nitrogen and oxygen atoms in total. The molecule has 116 valence electrons. The van der Waals surface area contributed by atoms with Crippen molar-refractivity contribution in [3.05, 3.63) is 0 Å². The predicted molar refractivity (Wildman–Crippen MR) is 80.9 cm³/mol. The van der Waals surface area contributed by atoms with Gasteiger partial charge in [0.2, 0.25) is 0 Å². The molecule has 1 unspecified atom stereocenters. The molecule has 0 saturated carbocycles. The number of rotatable bonds is 4. The summed E-state index contributed by atoms with van der Waals surface area (Å²) in [4.78, 5) is 17.5. The summed E-state index contributed by atoms with van der Waals surface area (Å²) in [5, 5.41) is 0. The molecule has 0 aromatic carbocycles. The highest BCUT2D eigenvalue weighted by atomic mass is 16.5. The van der Waals surface area contributed by atoms with Crippen LogP contribution in [0.1, 0.15) is 41.0 Å². The maximum atomic E-state index is 12.5. The topological polar surface area (TPSA) is 32.8 Å². The lowest BCUT2D eigenvalue weighted by atomic mass is 9.85. The van der Waals surface area contributed by atoms with Gasteiger partial charge in [-0.2, -0.15) is 0 Å². The molecule has 2 heterocycles. The van der Waals surface area contributed by atoms with Crippen LogP contribution in [-0.4, -0.2) is 66.1 Å². The molecule has 0 amide bonds. The van der Waals surface area contributed by atoms with E-state index in [1.54, 1.807) is 0 Å². The first-order valence-electron chi connectivity index (χ1n) is 7.95. The van der Waals surface area contributed by atoms with Gasteiger partial charge in [-0.05, 0) is 40.7 Å². The first kappa shape index (κ1) is 15.9. The van der Waals surface area contributed by atoms with E-state index in [0.29, 0.717) is 0 Å². The number of Topliss-reactive ketones (excluding diaryl/α,β-unsaturated/α-hetero) is 1. The Labute approximate surface area is 123 Å². The lowest BCUT2D eigenvalue weighted by molar-refractivity contribution is -0.132. The van der Waals surface area contributed by atoms with E-state index in [2.05, 4.69) is 30.6 Å². The second-order valence-corrected chi connectivity index (χ2v) is 7.27. The molecule has 2 aliphatic rings. The van der Waals surface area contributed by atoms with Crippen LogP contribution in [-0.2, 0) is 9.53 Å². The summed E-state index contributed by atoms with van der Waals surface area (Å²) >= 11 is 0. The second-order valence-electron chi connectivity index (χ2n) is 7.27. The molecule has 0 N–H and O–H groups in total. The van der Waals surface area contributed by atoms with Gasteiger partial charge in [0.25, 0.3) is 0 Å². The van der Waals surface area contributed by atoms with Gasteiger partial charge in [0, 0.05) is 32.7 Å². The van der Waals surface area contributed by atoms with Gasteiger partial charge in [-0.15, -0.1) is 0 Å². The third-order valence-corrected chi connectivity index (χ3v) is 4.71. The van der Waals surface area contributed by atoms with Gasteiger partial charge < -0.3 is 9.64 Å². The normalized spacial score (nSPS) is 30.9. The predicted octanol–water partition coefficient (Wildman–Crippen LogP) is 1.79. The van der Waals surface area contributed by atoms with Gasteiger partial charge >= 0.3 is 0 Å². The fourth-order valence-corrected chi connectivity index (χ4v) is 3.59. The van der Waals surface area contributed by atoms with Crippen molar-refractivity contribution in [1.29, 1.82) is 0 Å². The van der Waals surface area contributed by atoms with Gasteiger partial charge in [0.1, 0.15) is 5.60 Å². The van der Waals surface area contributed by atoms with Crippen LogP contribution in [0.5, 0.6) is 0 Å². The molecule has 0 bridgehead atoms. The molecular weight excluding hydrogens is 252 g/mol. The summed E-state index contributed by atoms with van der Waals surface area (Å²) in [7, 11) is 0. The lowest BCUT2D eigenvalue weighted by Crippen LogP contribution is -2.50. The Morgan fingerprint density at radius 3 is 2.10 bits per heavy atom. The van der Waals surface area contributed by atoms with Crippen LogP contribution in [0.3, 0.4) is 0 Å². The SMILES string of the molecule is CCCN1CCN(CC2C(=O)C(C)(C)OC2(C)C)CC1. The number of hydrogen-bond acceptors (Lipinski definition) is 4.